The Hall–Kier alpha value is -4.12. The van der Waals surface area contributed by atoms with Crippen LogP contribution in [0.4, 0.5) is 10.1 Å². The summed E-state index contributed by atoms with van der Waals surface area (Å²) >= 11 is 0. The molecule has 0 radical (unpaired) electrons. The molecule has 0 saturated heterocycles. The van der Waals surface area contributed by atoms with Crippen LogP contribution in [0, 0.1) is 5.82 Å². The number of rotatable bonds is 13. The molecule has 0 saturated carbocycles. The summed E-state index contributed by atoms with van der Waals surface area (Å²) in [6, 6.07) is 17.0. The van der Waals surface area contributed by atoms with Crippen LogP contribution < -0.4 is 19.1 Å². The maximum atomic E-state index is 14.6. The maximum absolute atomic E-state index is 14.6. The van der Waals surface area contributed by atoms with Gasteiger partial charge in [-0.3, -0.25) is 13.9 Å². The second-order valence-corrected chi connectivity index (χ2v) is 11.3. The van der Waals surface area contributed by atoms with Gasteiger partial charge < -0.3 is 19.7 Å². The Balaban J connectivity index is 2.05. The van der Waals surface area contributed by atoms with E-state index in [-0.39, 0.29) is 34.5 Å². The van der Waals surface area contributed by atoms with Crippen LogP contribution in [0.15, 0.2) is 77.7 Å². The van der Waals surface area contributed by atoms with Crippen molar-refractivity contribution in [1.29, 1.82) is 0 Å². The lowest BCUT2D eigenvalue weighted by Gasteiger charge is -2.32. The molecule has 41 heavy (non-hydrogen) atoms. The van der Waals surface area contributed by atoms with E-state index in [0.29, 0.717) is 12.2 Å². The second kappa shape index (κ2) is 14.0. The normalized spacial score (nSPS) is 12.6. The van der Waals surface area contributed by atoms with E-state index in [1.165, 1.54) is 62.4 Å². The molecule has 3 aromatic rings. The standard InChI is InChI=1S/C30H36FN3O6S/c1-6-21(2)32-30(36)22(3)33(19-23-12-10-11-15-26(23)31)29(35)20-34(24-13-8-7-9-14-24)41(37,38)25-16-17-27(39-4)28(18-25)40-5/h7-18,21-22H,6,19-20H2,1-5H3,(H,32,36)/t21-,22+/m0/s1. The van der Waals surface area contributed by atoms with Gasteiger partial charge >= 0.3 is 0 Å². The molecule has 0 bridgehead atoms. The molecule has 1 N–H and O–H groups in total. The van der Waals surface area contributed by atoms with Crippen LogP contribution in [0.3, 0.4) is 0 Å². The molecule has 11 heteroatoms. The number of nitrogens with one attached hydrogen (secondary N) is 1. The first-order valence-electron chi connectivity index (χ1n) is 13.2. The zero-order valence-corrected chi connectivity index (χ0v) is 24.7. The predicted octanol–water partition coefficient (Wildman–Crippen LogP) is 4.37. The van der Waals surface area contributed by atoms with Crippen molar-refractivity contribution in [2.45, 2.75) is 50.7 Å². The molecular formula is C30H36FN3O6S. The Morgan fingerprint density at radius 3 is 2.17 bits per heavy atom. The van der Waals surface area contributed by atoms with Gasteiger partial charge in [0, 0.05) is 24.2 Å². The molecule has 0 spiro atoms. The number of carbonyl (C=O) groups is 2. The number of ether oxygens (including phenoxy) is 2. The monoisotopic (exact) mass is 585 g/mol. The second-order valence-electron chi connectivity index (χ2n) is 9.47. The third kappa shape index (κ3) is 7.55. The Bertz CT molecular complexity index is 1450. The average molecular weight is 586 g/mol. The van der Waals surface area contributed by atoms with Crippen LogP contribution in [0.2, 0.25) is 0 Å². The lowest BCUT2D eigenvalue weighted by atomic mass is 10.1. The van der Waals surface area contributed by atoms with Crippen molar-refractivity contribution in [3.8, 4) is 11.5 Å². The predicted molar refractivity (Wildman–Crippen MR) is 155 cm³/mol. The zero-order chi connectivity index (χ0) is 30.2. The molecule has 9 nitrogen and oxygen atoms in total. The first-order chi connectivity index (χ1) is 19.5. The molecular weight excluding hydrogens is 549 g/mol. The Morgan fingerprint density at radius 1 is 0.927 bits per heavy atom. The number of sulfonamides is 1. The van der Waals surface area contributed by atoms with Gasteiger partial charge in [-0.25, -0.2) is 12.8 Å². The lowest BCUT2D eigenvalue weighted by molar-refractivity contribution is -0.139. The van der Waals surface area contributed by atoms with Crippen molar-refractivity contribution >= 4 is 27.5 Å². The van der Waals surface area contributed by atoms with Gasteiger partial charge in [-0.1, -0.05) is 43.3 Å². The van der Waals surface area contributed by atoms with E-state index in [1.807, 2.05) is 13.8 Å². The van der Waals surface area contributed by atoms with E-state index in [4.69, 9.17) is 9.47 Å². The minimum absolute atomic E-state index is 0.130. The van der Waals surface area contributed by atoms with E-state index < -0.39 is 40.2 Å². The Kier molecular flexibility index (Phi) is 10.7. The molecule has 0 aliphatic heterocycles. The van der Waals surface area contributed by atoms with Crippen LogP contribution in [-0.2, 0) is 26.2 Å². The molecule has 0 aliphatic rings. The number of nitrogens with zero attached hydrogens (tertiary/aromatic N) is 2. The molecule has 0 unspecified atom stereocenters. The van der Waals surface area contributed by atoms with Crippen molar-refractivity contribution in [3.05, 3.63) is 84.2 Å². The van der Waals surface area contributed by atoms with E-state index in [2.05, 4.69) is 5.32 Å². The fraction of sp³-hybridized carbons (Fsp3) is 0.333. The van der Waals surface area contributed by atoms with Gasteiger partial charge in [0.1, 0.15) is 18.4 Å². The largest absolute Gasteiger partial charge is 0.493 e. The summed E-state index contributed by atoms with van der Waals surface area (Å²) < 4.78 is 54.1. The first kappa shape index (κ1) is 31.4. The van der Waals surface area contributed by atoms with Gasteiger partial charge in [0.15, 0.2) is 11.5 Å². The van der Waals surface area contributed by atoms with Crippen molar-refractivity contribution in [2.24, 2.45) is 0 Å². The SMILES string of the molecule is CC[C@H](C)NC(=O)[C@@H](C)N(Cc1ccccc1F)C(=O)CN(c1ccccc1)S(=O)(=O)c1ccc(OC)c(OC)c1. The smallest absolute Gasteiger partial charge is 0.264 e. The van der Waals surface area contributed by atoms with Gasteiger partial charge in [0.2, 0.25) is 11.8 Å². The Morgan fingerprint density at radius 2 is 1.56 bits per heavy atom. The number of para-hydroxylation sites is 1. The molecule has 3 rings (SSSR count). The quantitative estimate of drug-likeness (QED) is 0.320. The molecule has 0 heterocycles. The number of halogens is 1. The van der Waals surface area contributed by atoms with E-state index in [0.717, 1.165) is 4.31 Å². The lowest BCUT2D eigenvalue weighted by Crippen LogP contribution is -2.52. The highest BCUT2D eigenvalue weighted by atomic mass is 32.2. The highest BCUT2D eigenvalue weighted by Gasteiger charge is 2.33. The fourth-order valence-electron chi connectivity index (χ4n) is 4.09. The van der Waals surface area contributed by atoms with Crippen LogP contribution in [0.1, 0.15) is 32.8 Å². The summed E-state index contributed by atoms with van der Waals surface area (Å²) in [6.45, 7) is 4.40. The third-order valence-corrected chi connectivity index (χ3v) is 8.50. The van der Waals surface area contributed by atoms with E-state index in [1.54, 1.807) is 36.4 Å². The number of methoxy groups -OCH3 is 2. The van der Waals surface area contributed by atoms with Crippen molar-refractivity contribution in [3.63, 3.8) is 0 Å². The van der Waals surface area contributed by atoms with Crippen LogP contribution in [-0.4, -0.2) is 58.0 Å². The van der Waals surface area contributed by atoms with Crippen molar-refractivity contribution in [1.82, 2.24) is 10.2 Å². The van der Waals surface area contributed by atoms with E-state index >= 15 is 0 Å². The fourth-order valence-corrected chi connectivity index (χ4v) is 5.52. The summed E-state index contributed by atoms with van der Waals surface area (Å²) in [5.74, 6) is -1.13. The number of hydrogen-bond donors (Lipinski definition) is 1. The molecule has 2 amide bonds. The van der Waals surface area contributed by atoms with Gasteiger partial charge in [0.05, 0.1) is 24.8 Å². The number of anilines is 1. The van der Waals surface area contributed by atoms with Gasteiger partial charge in [-0.15, -0.1) is 0 Å². The third-order valence-electron chi connectivity index (χ3n) is 6.73. The summed E-state index contributed by atoms with van der Waals surface area (Å²) in [4.78, 5) is 28.1. The topological polar surface area (TPSA) is 105 Å². The Labute approximate surface area is 240 Å². The number of benzene rings is 3. The van der Waals surface area contributed by atoms with Crippen LogP contribution in [0.25, 0.3) is 0 Å². The van der Waals surface area contributed by atoms with Gasteiger partial charge in [-0.05, 0) is 50.6 Å². The van der Waals surface area contributed by atoms with Gasteiger partial charge in [0.25, 0.3) is 10.0 Å². The summed E-state index contributed by atoms with van der Waals surface area (Å²) in [5.41, 5.74) is 0.427. The van der Waals surface area contributed by atoms with Crippen molar-refractivity contribution in [2.75, 3.05) is 25.1 Å². The molecule has 0 aliphatic carbocycles. The number of carbonyl (C=O) groups excluding carboxylic acids is 2. The summed E-state index contributed by atoms with van der Waals surface area (Å²) in [6.07, 6.45) is 0.672. The van der Waals surface area contributed by atoms with Crippen LogP contribution in [0.5, 0.6) is 11.5 Å². The molecule has 0 aromatic heterocycles. The van der Waals surface area contributed by atoms with Gasteiger partial charge in [-0.2, -0.15) is 0 Å². The summed E-state index contributed by atoms with van der Waals surface area (Å²) in [7, 11) is -1.49. The average Bonchev–Trinajstić information content (AvgIpc) is 2.98. The summed E-state index contributed by atoms with van der Waals surface area (Å²) in [5, 5.41) is 2.85. The molecule has 3 aromatic carbocycles. The minimum Gasteiger partial charge on any atom is -0.493 e. The molecule has 0 fully saturated rings. The van der Waals surface area contributed by atoms with E-state index in [9.17, 15) is 22.4 Å². The first-order valence-corrected chi connectivity index (χ1v) is 14.6. The minimum atomic E-state index is -4.31. The molecule has 220 valence electrons. The highest BCUT2D eigenvalue weighted by molar-refractivity contribution is 7.92. The van der Waals surface area contributed by atoms with Crippen LogP contribution >= 0.6 is 0 Å². The highest BCUT2D eigenvalue weighted by Crippen LogP contribution is 2.32. The number of hydrogen-bond acceptors (Lipinski definition) is 6. The van der Waals surface area contributed by atoms with Crippen molar-refractivity contribution < 1.29 is 31.9 Å². The zero-order valence-electron chi connectivity index (χ0n) is 23.8. The number of amides is 2. The molecule has 2 atom stereocenters. The maximum Gasteiger partial charge on any atom is 0.264 e.